The van der Waals surface area contributed by atoms with Gasteiger partial charge in [0.25, 0.3) is 0 Å². The van der Waals surface area contributed by atoms with Gasteiger partial charge in [-0.1, -0.05) is 32.9 Å². The second-order valence-electron chi connectivity index (χ2n) is 6.48. The third kappa shape index (κ3) is 2.46. The molecule has 1 fully saturated rings. The van der Waals surface area contributed by atoms with E-state index in [1.54, 1.807) is 0 Å². The molecule has 1 saturated carbocycles. The maximum Gasteiger partial charge on any atom is 0.249 e. The molecule has 7 nitrogen and oxygen atoms in total. The molecule has 0 spiro atoms. The number of thiazole rings is 1. The van der Waals surface area contributed by atoms with Crippen molar-refractivity contribution in [3.05, 3.63) is 22.9 Å². The molecule has 22 heavy (non-hydrogen) atoms. The highest BCUT2D eigenvalue weighted by Gasteiger charge is 2.63. The van der Waals surface area contributed by atoms with Gasteiger partial charge in [0, 0.05) is 11.8 Å². The van der Waals surface area contributed by atoms with E-state index in [9.17, 15) is 8.42 Å². The summed E-state index contributed by atoms with van der Waals surface area (Å²) in [5.74, 6) is 1.58. The molecule has 1 aliphatic carbocycles. The van der Waals surface area contributed by atoms with Crippen molar-refractivity contribution in [2.24, 2.45) is 10.6 Å². The molecular formula is C13H18N4O3S2. The highest BCUT2D eigenvalue weighted by molar-refractivity contribution is 7.91. The van der Waals surface area contributed by atoms with Crippen LogP contribution in [-0.4, -0.2) is 23.5 Å². The molecule has 0 aliphatic heterocycles. The summed E-state index contributed by atoms with van der Waals surface area (Å²) in [7, 11) is -3.71. The number of sulfonamides is 1. The molecular weight excluding hydrogens is 324 g/mol. The van der Waals surface area contributed by atoms with Crippen LogP contribution >= 0.6 is 11.3 Å². The van der Waals surface area contributed by atoms with Crippen LogP contribution < -0.4 is 5.14 Å². The average molecular weight is 342 g/mol. The van der Waals surface area contributed by atoms with Gasteiger partial charge in [0.05, 0.1) is 17.1 Å². The Bertz CT molecular complexity index is 807. The lowest BCUT2D eigenvalue weighted by Crippen LogP contribution is -2.09. The van der Waals surface area contributed by atoms with Crippen molar-refractivity contribution in [3.63, 3.8) is 0 Å². The number of hydrogen-bond donors (Lipinski definition) is 1. The fourth-order valence-electron chi connectivity index (χ4n) is 2.72. The van der Waals surface area contributed by atoms with Gasteiger partial charge in [0.15, 0.2) is 10.0 Å². The maximum absolute atomic E-state index is 11.4. The van der Waals surface area contributed by atoms with Crippen molar-refractivity contribution in [1.82, 2.24) is 15.1 Å². The standard InChI is InChI=1S/C13H18N4O3S2/c1-6(2)10-16-11(20-17-10)8-9(13(8,3)4)12-15-5-7(21-12)22(14,18)19/h5-6,8-9H,1-4H3,(H2,14,18,19)/t8-,9-/m1/s1. The third-order valence-corrected chi connectivity index (χ3v) is 6.60. The topological polar surface area (TPSA) is 112 Å². The molecule has 0 saturated heterocycles. The molecule has 0 radical (unpaired) electrons. The Labute approximate surface area is 133 Å². The van der Waals surface area contributed by atoms with E-state index in [-0.39, 0.29) is 27.4 Å². The van der Waals surface area contributed by atoms with E-state index in [2.05, 4.69) is 29.0 Å². The van der Waals surface area contributed by atoms with Crippen molar-refractivity contribution < 1.29 is 12.9 Å². The van der Waals surface area contributed by atoms with E-state index in [4.69, 9.17) is 9.66 Å². The van der Waals surface area contributed by atoms with Gasteiger partial charge in [0.2, 0.25) is 15.9 Å². The minimum absolute atomic E-state index is 0.0481. The van der Waals surface area contributed by atoms with Gasteiger partial charge >= 0.3 is 0 Å². The van der Waals surface area contributed by atoms with Crippen molar-refractivity contribution >= 4 is 21.4 Å². The lowest BCUT2D eigenvalue weighted by molar-refractivity contribution is 0.361. The predicted octanol–water partition coefficient (Wildman–Crippen LogP) is 2.20. The fourth-order valence-corrected chi connectivity index (χ4v) is 4.62. The Kier molecular flexibility index (Phi) is 3.42. The summed E-state index contributed by atoms with van der Waals surface area (Å²) < 4.78 is 28.2. The molecule has 9 heteroatoms. The van der Waals surface area contributed by atoms with Crippen LogP contribution in [0, 0.1) is 5.41 Å². The van der Waals surface area contributed by atoms with E-state index >= 15 is 0 Å². The van der Waals surface area contributed by atoms with Gasteiger partial charge in [-0.15, -0.1) is 11.3 Å². The van der Waals surface area contributed by atoms with Gasteiger partial charge in [-0.25, -0.2) is 18.5 Å². The lowest BCUT2D eigenvalue weighted by Gasteiger charge is -1.97. The second kappa shape index (κ2) is 4.84. The summed E-state index contributed by atoms with van der Waals surface area (Å²) in [5, 5.41) is 9.88. The molecule has 2 heterocycles. The Hall–Kier alpha value is -1.32. The van der Waals surface area contributed by atoms with Crippen LogP contribution in [0.3, 0.4) is 0 Å². The first-order valence-electron chi connectivity index (χ1n) is 6.94. The minimum atomic E-state index is -3.71. The molecule has 2 atom stereocenters. The summed E-state index contributed by atoms with van der Waals surface area (Å²) in [6.07, 6.45) is 1.31. The molecule has 0 aromatic carbocycles. The lowest BCUT2D eigenvalue weighted by atomic mass is 10.1. The predicted molar refractivity (Wildman–Crippen MR) is 81.1 cm³/mol. The van der Waals surface area contributed by atoms with Crippen molar-refractivity contribution in [1.29, 1.82) is 0 Å². The molecule has 2 aromatic rings. The van der Waals surface area contributed by atoms with Crippen molar-refractivity contribution in [3.8, 4) is 0 Å². The molecule has 3 rings (SSSR count). The SMILES string of the molecule is CC(C)c1noc([C@H]2[C@H](c3ncc(S(N)(=O)=O)s3)C2(C)C)n1. The summed E-state index contributed by atoms with van der Waals surface area (Å²) in [4.78, 5) is 8.68. The van der Waals surface area contributed by atoms with Crippen LogP contribution in [0.15, 0.2) is 14.9 Å². The average Bonchev–Trinajstić information content (AvgIpc) is 2.86. The number of aromatic nitrogens is 3. The van der Waals surface area contributed by atoms with Gasteiger partial charge in [-0.3, -0.25) is 0 Å². The molecule has 1 aliphatic rings. The van der Waals surface area contributed by atoms with Gasteiger partial charge in [-0.05, 0) is 5.41 Å². The highest BCUT2D eigenvalue weighted by atomic mass is 32.2. The zero-order chi connectivity index (χ0) is 16.3. The first kappa shape index (κ1) is 15.6. The Morgan fingerprint density at radius 2 is 2.05 bits per heavy atom. The number of rotatable bonds is 4. The Morgan fingerprint density at radius 1 is 1.36 bits per heavy atom. The highest BCUT2D eigenvalue weighted by Crippen LogP contribution is 2.70. The summed E-state index contributed by atoms with van der Waals surface area (Å²) in [6.45, 7) is 8.17. The molecule has 0 bridgehead atoms. The smallest absolute Gasteiger partial charge is 0.249 e. The fraction of sp³-hybridized carbons (Fsp3) is 0.615. The minimum Gasteiger partial charge on any atom is -0.339 e. The van der Waals surface area contributed by atoms with Gasteiger partial charge in [0.1, 0.15) is 0 Å². The first-order valence-corrected chi connectivity index (χ1v) is 9.30. The van der Waals surface area contributed by atoms with Gasteiger partial charge in [-0.2, -0.15) is 4.98 Å². The number of nitrogens with two attached hydrogens (primary N) is 1. The molecule has 120 valence electrons. The quantitative estimate of drug-likeness (QED) is 0.911. The third-order valence-electron chi connectivity index (χ3n) is 4.12. The summed E-state index contributed by atoms with van der Waals surface area (Å²) in [5.41, 5.74) is -0.103. The Morgan fingerprint density at radius 3 is 2.55 bits per heavy atom. The van der Waals surface area contributed by atoms with E-state index in [1.807, 2.05) is 13.8 Å². The van der Waals surface area contributed by atoms with Crippen LogP contribution in [-0.2, 0) is 10.0 Å². The van der Waals surface area contributed by atoms with Crippen molar-refractivity contribution in [2.75, 3.05) is 0 Å². The van der Waals surface area contributed by atoms with Crippen LogP contribution in [0.25, 0.3) is 0 Å². The molecule has 2 N–H and O–H groups in total. The van der Waals surface area contributed by atoms with E-state index in [0.717, 1.165) is 16.3 Å². The summed E-state index contributed by atoms with van der Waals surface area (Å²) >= 11 is 1.11. The Balaban J connectivity index is 1.90. The first-order chi connectivity index (χ1) is 10.1. The number of primary sulfonamides is 1. The van der Waals surface area contributed by atoms with Crippen LogP contribution in [0.4, 0.5) is 0 Å². The van der Waals surface area contributed by atoms with Crippen LogP contribution in [0.1, 0.15) is 62.2 Å². The zero-order valence-electron chi connectivity index (χ0n) is 12.8. The zero-order valence-corrected chi connectivity index (χ0v) is 14.4. The molecule has 0 amide bonds. The monoisotopic (exact) mass is 342 g/mol. The molecule has 0 unspecified atom stereocenters. The summed E-state index contributed by atoms with van der Waals surface area (Å²) in [6, 6.07) is 0. The van der Waals surface area contributed by atoms with E-state index < -0.39 is 10.0 Å². The van der Waals surface area contributed by atoms with E-state index in [1.165, 1.54) is 6.20 Å². The molecule has 2 aromatic heterocycles. The normalized spacial score (nSPS) is 23.9. The largest absolute Gasteiger partial charge is 0.339 e. The van der Waals surface area contributed by atoms with Crippen molar-refractivity contribution in [2.45, 2.75) is 49.7 Å². The van der Waals surface area contributed by atoms with Crippen LogP contribution in [0.2, 0.25) is 0 Å². The number of nitrogens with zero attached hydrogens (tertiary/aromatic N) is 3. The number of hydrogen-bond acceptors (Lipinski definition) is 7. The van der Waals surface area contributed by atoms with Crippen LogP contribution in [0.5, 0.6) is 0 Å². The maximum atomic E-state index is 11.4. The van der Waals surface area contributed by atoms with E-state index in [0.29, 0.717) is 11.7 Å². The van der Waals surface area contributed by atoms with Gasteiger partial charge < -0.3 is 4.52 Å². The second-order valence-corrected chi connectivity index (χ2v) is 9.34.